The van der Waals surface area contributed by atoms with E-state index in [-0.39, 0.29) is 6.61 Å². The Labute approximate surface area is 127 Å². The molecule has 0 saturated carbocycles. The molecule has 4 heteroatoms. The van der Waals surface area contributed by atoms with E-state index in [1.165, 1.54) is 25.9 Å². The first-order valence-corrected chi connectivity index (χ1v) is 7.81. The van der Waals surface area contributed by atoms with Crippen LogP contribution in [0.3, 0.4) is 0 Å². The van der Waals surface area contributed by atoms with E-state index >= 15 is 0 Å². The van der Waals surface area contributed by atoms with Crippen LogP contribution in [-0.4, -0.2) is 37.2 Å². The molecule has 0 aromatic heterocycles. The van der Waals surface area contributed by atoms with Gasteiger partial charge in [0.1, 0.15) is 11.8 Å². The highest BCUT2D eigenvalue weighted by atomic mass is 16.5. The second kappa shape index (κ2) is 7.90. The van der Waals surface area contributed by atoms with Crippen molar-refractivity contribution in [2.45, 2.75) is 32.7 Å². The lowest BCUT2D eigenvalue weighted by Crippen LogP contribution is -2.39. The second-order valence-corrected chi connectivity index (χ2v) is 5.68. The van der Waals surface area contributed by atoms with Crippen molar-refractivity contribution < 1.29 is 4.74 Å². The summed E-state index contributed by atoms with van der Waals surface area (Å²) < 4.78 is 5.34. The maximum absolute atomic E-state index is 8.56. The Balaban J connectivity index is 1.87. The van der Waals surface area contributed by atoms with Crippen LogP contribution in [-0.2, 0) is 0 Å². The molecule has 4 nitrogen and oxygen atoms in total. The summed E-state index contributed by atoms with van der Waals surface area (Å²) in [6, 6.07) is 10.3. The summed E-state index contributed by atoms with van der Waals surface area (Å²) in [5.41, 5.74) is 1.07. The summed E-state index contributed by atoms with van der Waals surface area (Å²) in [6.45, 7) is 8.15. The number of hydrogen-bond donors (Lipinski definition) is 1. The van der Waals surface area contributed by atoms with Crippen LogP contribution in [0.4, 0.5) is 5.69 Å². The van der Waals surface area contributed by atoms with Crippen molar-refractivity contribution in [2.75, 3.05) is 31.6 Å². The van der Waals surface area contributed by atoms with Crippen molar-refractivity contribution in [3.8, 4) is 11.8 Å². The van der Waals surface area contributed by atoms with Crippen LogP contribution in [0.1, 0.15) is 26.7 Å². The Morgan fingerprint density at radius 2 is 2.19 bits per heavy atom. The maximum atomic E-state index is 8.56. The largest absolute Gasteiger partial charge is 0.479 e. The number of ether oxygens (including phenoxy) is 1. The first-order chi connectivity index (χ1) is 10.2. The zero-order valence-corrected chi connectivity index (χ0v) is 13.0. The Kier molecular flexibility index (Phi) is 5.89. The number of likely N-dealkylation sites (tertiary alicyclic amines) is 1. The normalized spacial score (nSPS) is 18.0. The second-order valence-electron chi connectivity index (χ2n) is 5.68. The predicted octanol–water partition coefficient (Wildman–Crippen LogP) is 3.12. The number of anilines is 1. The van der Waals surface area contributed by atoms with Gasteiger partial charge in [-0.2, -0.15) is 5.26 Å². The minimum absolute atomic E-state index is 0.0918. The summed E-state index contributed by atoms with van der Waals surface area (Å²) in [4.78, 5) is 2.51. The molecule has 1 atom stereocenters. The number of nitriles is 1. The minimum atomic E-state index is 0.0918. The number of hydrogen-bond acceptors (Lipinski definition) is 4. The van der Waals surface area contributed by atoms with Gasteiger partial charge in [0.25, 0.3) is 0 Å². The number of nitrogens with zero attached hydrogens (tertiary/aromatic N) is 2. The van der Waals surface area contributed by atoms with E-state index in [1.54, 1.807) is 0 Å². The average molecular weight is 287 g/mol. The van der Waals surface area contributed by atoms with Crippen LogP contribution < -0.4 is 10.1 Å². The fraction of sp³-hybridized carbons (Fsp3) is 0.588. The molecule has 0 spiro atoms. The van der Waals surface area contributed by atoms with Gasteiger partial charge in [0.15, 0.2) is 6.61 Å². The minimum Gasteiger partial charge on any atom is -0.479 e. The van der Waals surface area contributed by atoms with Gasteiger partial charge < -0.3 is 15.0 Å². The molecule has 1 aliphatic heterocycles. The molecule has 1 fully saturated rings. The van der Waals surface area contributed by atoms with Gasteiger partial charge in [-0.1, -0.05) is 13.0 Å². The van der Waals surface area contributed by atoms with Crippen LogP contribution in [0.15, 0.2) is 24.3 Å². The molecular formula is C17H25N3O. The van der Waals surface area contributed by atoms with Crippen molar-refractivity contribution in [3.05, 3.63) is 24.3 Å². The van der Waals surface area contributed by atoms with E-state index in [2.05, 4.69) is 30.1 Å². The van der Waals surface area contributed by atoms with E-state index in [0.717, 1.165) is 23.9 Å². The highest BCUT2D eigenvalue weighted by molar-refractivity contribution is 5.48. The van der Waals surface area contributed by atoms with Crippen LogP contribution in [0.2, 0.25) is 0 Å². The SMILES string of the molecule is CCN1CCC(C(C)Nc2cccc(OCC#N)c2)CC1. The molecule has 21 heavy (non-hydrogen) atoms. The number of nitrogens with one attached hydrogen (secondary N) is 1. The lowest BCUT2D eigenvalue weighted by Gasteiger charge is -2.34. The van der Waals surface area contributed by atoms with Crippen molar-refractivity contribution in [1.82, 2.24) is 4.90 Å². The highest BCUT2D eigenvalue weighted by Crippen LogP contribution is 2.24. The van der Waals surface area contributed by atoms with Gasteiger partial charge >= 0.3 is 0 Å². The van der Waals surface area contributed by atoms with Crippen LogP contribution in [0.25, 0.3) is 0 Å². The fourth-order valence-electron chi connectivity index (χ4n) is 2.94. The average Bonchev–Trinajstić information content (AvgIpc) is 2.53. The predicted molar refractivity (Wildman–Crippen MR) is 85.5 cm³/mol. The Hall–Kier alpha value is -1.73. The molecule has 0 aliphatic carbocycles. The lowest BCUT2D eigenvalue weighted by molar-refractivity contribution is 0.183. The molecule has 0 amide bonds. The van der Waals surface area contributed by atoms with Crippen molar-refractivity contribution >= 4 is 5.69 Å². The summed E-state index contributed by atoms with van der Waals surface area (Å²) in [5.74, 6) is 1.46. The molecule has 1 aromatic rings. The summed E-state index contributed by atoms with van der Waals surface area (Å²) in [6.07, 6.45) is 2.51. The third kappa shape index (κ3) is 4.64. The quantitative estimate of drug-likeness (QED) is 0.873. The summed E-state index contributed by atoms with van der Waals surface area (Å²) >= 11 is 0. The zero-order valence-electron chi connectivity index (χ0n) is 13.0. The molecule has 0 bridgehead atoms. The number of piperidine rings is 1. The Morgan fingerprint density at radius 3 is 2.86 bits per heavy atom. The van der Waals surface area contributed by atoms with Gasteiger partial charge in [-0.3, -0.25) is 0 Å². The third-order valence-corrected chi connectivity index (χ3v) is 4.32. The smallest absolute Gasteiger partial charge is 0.174 e. The van der Waals surface area contributed by atoms with E-state index in [1.807, 2.05) is 24.3 Å². The van der Waals surface area contributed by atoms with Gasteiger partial charge in [0, 0.05) is 17.8 Å². The molecule has 1 heterocycles. The summed E-state index contributed by atoms with van der Waals surface area (Å²) in [7, 11) is 0. The Bertz CT molecular complexity index is 475. The van der Waals surface area contributed by atoms with Crippen LogP contribution in [0.5, 0.6) is 5.75 Å². The Morgan fingerprint density at radius 1 is 1.43 bits per heavy atom. The van der Waals surface area contributed by atoms with Gasteiger partial charge in [0.05, 0.1) is 0 Å². The molecular weight excluding hydrogens is 262 g/mol. The maximum Gasteiger partial charge on any atom is 0.174 e. The third-order valence-electron chi connectivity index (χ3n) is 4.32. The molecule has 1 aromatic carbocycles. The standard InChI is InChI=1S/C17H25N3O/c1-3-20-10-7-15(8-11-20)14(2)19-16-5-4-6-17(13-16)21-12-9-18/h4-6,13-15,19H,3,7-8,10-12H2,1-2H3. The van der Waals surface area contributed by atoms with E-state index < -0.39 is 0 Å². The molecule has 1 unspecified atom stereocenters. The molecule has 114 valence electrons. The zero-order chi connectivity index (χ0) is 15.1. The first kappa shape index (κ1) is 15.7. The molecule has 1 aliphatic rings. The number of benzene rings is 1. The van der Waals surface area contributed by atoms with Gasteiger partial charge in [-0.25, -0.2) is 0 Å². The summed E-state index contributed by atoms with van der Waals surface area (Å²) in [5, 5.41) is 12.1. The van der Waals surface area contributed by atoms with E-state index in [0.29, 0.717) is 6.04 Å². The topological polar surface area (TPSA) is 48.3 Å². The first-order valence-electron chi connectivity index (χ1n) is 7.81. The molecule has 0 radical (unpaired) electrons. The number of rotatable bonds is 6. The van der Waals surface area contributed by atoms with Crippen molar-refractivity contribution in [1.29, 1.82) is 5.26 Å². The van der Waals surface area contributed by atoms with Crippen LogP contribution >= 0.6 is 0 Å². The molecule has 1 saturated heterocycles. The van der Waals surface area contributed by atoms with Crippen molar-refractivity contribution in [2.24, 2.45) is 5.92 Å². The van der Waals surface area contributed by atoms with Crippen molar-refractivity contribution in [3.63, 3.8) is 0 Å². The lowest BCUT2D eigenvalue weighted by atomic mass is 9.90. The van der Waals surface area contributed by atoms with Gasteiger partial charge in [-0.15, -0.1) is 0 Å². The fourth-order valence-corrected chi connectivity index (χ4v) is 2.94. The van der Waals surface area contributed by atoms with E-state index in [4.69, 9.17) is 10.00 Å². The monoisotopic (exact) mass is 287 g/mol. The van der Waals surface area contributed by atoms with Crippen LogP contribution in [0, 0.1) is 17.2 Å². The highest BCUT2D eigenvalue weighted by Gasteiger charge is 2.23. The molecule has 2 rings (SSSR count). The molecule has 1 N–H and O–H groups in total. The van der Waals surface area contributed by atoms with Gasteiger partial charge in [0.2, 0.25) is 0 Å². The van der Waals surface area contributed by atoms with E-state index in [9.17, 15) is 0 Å². The van der Waals surface area contributed by atoms with Gasteiger partial charge in [-0.05, 0) is 57.5 Å².